The van der Waals surface area contributed by atoms with Crippen molar-refractivity contribution in [3.8, 4) is 0 Å². The van der Waals surface area contributed by atoms with Crippen LogP contribution in [0.5, 0.6) is 0 Å². The van der Waals surface area contributed by atoms with Crippen LogP contribution in [0.15, 0.2) is 47.4 Å². The molecule has 12 heteroatoms. The van der Waals surface area contributed by atoms with Crippen molar-refractivity contribution in [2.75, 3.05) is 12.0 Å². The maximum Gasteiger partial charge on any atom is 0.434 e. The lowest BCUT2D eigenvalue weighted by molar-refractivity contribution is -0.141. The van der Waals surface area contributed by atoms with E-state index in [0.29, 0.717) is 12.4 Å². The highest BCUT2D eigenvalue weighted by molar-refractivity contribution is 6.02. The predicted octanol–water partition coefficient (Wildman–Crippen LogP) is 3.30. The summed E-state index contributed by atoms with van der Waals surface area (Å²) in [7, 11) is 0. The van der Waals surface area contributed by atoms with Gasteiger partial charge in [-0.25, -0.2) is 23.7 Å². The van der Waals surface area contributed by atoms with Gasteiger partial charge in [-0.15, -0.1) is 0 Å². The van der Waals surface area contributed by atoms with Crippen LogP contribution in [0.4, 0.5) is 27.6 Å². The number of ether oxygens (including phenoxy) is 1. The molecule has 0 saturated heterocycles. The second-order valence-corrected chi connectivity index (χ2v) is 6.38. The first kappa shape index (κ1) is 21.1. The van der Waals surface area contributed by atoms with Gasteiger partial charge in [0.05, 0.1) is 12.4 Å². The number of anilines is 1. The van der Waals surface area contributed by atoms with Gasteiger partial charge in [0.25, 0.3) is 11.9 Å². The lowest BCUT2D eigenvalue weighted by atomic mass is 9.90. The number of carbonyl (C=O) groups excluding carboxylic acids is 1. The SMILES string of the molecule is C[C@@]1(c2cc(NC(=O)c3cnc(C(F)(F)F)cn3)ccc2F)C=C(CF)OC(N)=N1. The van der Waals surface area contributed by atoms with Crippen molar-refractivity contribution in [3.05, 3.63) is 65.2 Å². The topological polar surface area (TPSA) is 102 Å². The Balaban J connectivity index is 1.88. The van der Waals surface area contributed by atoms with Crippen LogP contribution in [0.3, 0.4) is 0 Å². The number of halogens is 5. The number of rotatable bonds is 4. The van der Waals surface area contributed by atoms with Crippen LogP contribution in [-0.4, -0.2) is 28.6 Å². The number of nitrogens with two attached hydrogens (primary N) is 1. The Bertz CT molecular complexity index is 1040. The Morgan fingerprint density at radius 3 is 2.60 bits per heavy atom. The highest BCUT2D eigenvalue weighted by Crippen LogP contribution is 2.35. The molecule has 7 nitrogen and oxygen atoms in total. The number of aliphatic imine (C=N–C) groups is 1. The zero-order chi connectivity index (χ0) is 22.1. The Hall–Kier alpha value is -3.57. The van der Waals surface area contributed by atoms with Crippen LogP contribution >= 0.6 is 0 Å². The molecule has 1 aliphatic rings. The van der Waals surface area contributed by atoms with Gasteiger partial charge in [-0.05, 0) is 31.2 Å². The number of alkyl halides is 4. The summed E-state index contributed by atoms with van der Waals surface area (Å²) in [5.74, 6) is -1.73. The second-order valence-electron chi connectivity index (χ2n) is 6.38. The lowest BCUT2D eigenvalue weighted by Crippen LogP contribution is -2.31. The predicted molar refractivity (Wildman–Crippen MR) is 95.5 cm³/mol. The van der Waals surface area contributed by atoms with Crippen LogP contribution in [0.2, 0.25) is 0 Å². The molecule has 0 saturated carbocycles. The molecule has 158 valence electrons. The zero-order valence-electron chi connectivity index (χ0n) is 15.3. The van der Waals surface area contributed by atoms with Gasteiger partial charge >= 0.3 is 6.18 Å². The van der Waals surface area contributed by atoms with Gasteiger partial charge in [0.1, 0.15) is 29.5 Å². The van der Waals surface area contributed by atoms with E-state index in [9.17, 15) is 26.7 Å². The third-order valence-electron chi connectivity index (χ3n) is 4.10. The number of hydrogen-bond acceptors (Lipinski definition) is 6. The fraction of sp³-hybridized carbons (Fsp3) is 0.222. The quantitative estimate of drug-likeness (QED) is 0.729. The molecule has 1 amide bonds. The minimum atomic E-state index is -4.69. The van der Waals surface area contributed by atoms with Gasteiger partial charge in [-0.2, -0.15) is 13.2 Å². The second kappa shape index (κ2) is 7.69. The van der Waals surface area contributed by atoms with E-state index < -0.39 is 35.8 Å². The summed E-state index contributed by atoms with van der Waals surface area (Å²) in [6.45, 7) is 0.472. The molecular weight excluding hydrogens is 413 g/mol. The van der Waals surface area contributed by atoms with E-state index in [1.165, 1.54) is 25.1 Å². The number of carbonyl (C=O) groups is 1. The van der Waals surface area contributed by atoms with Gasteiger partial charge in [0.15, 0.2) is 5.69 Å². The van der Waals surface area contributed by atoms with Gasteiger partial charge in [0.2, 0.25) is 0 Å². The molecule has 0 aliphatic carbocycles. The molecule has 3 N–H and O–H groups in total. The van der Waals surface area contributed by atoms with Gasteiger partial charge in [-0.3, -0.25) is 4.79 Å². The molecule has 0 bridgehead atoms. The number of hydrogen-bond donors (Lipinski definition) is 2. The van der Waals surface area contributed by atoms with Crippen LogP contribution in [0.25, 0.3) is 0 Å². The van der Waals surface area contributed by atoms with Crippen LogP contribution < -0.4 is 11.1 Å². The number of nitrogens with zero attached hydrogens (tertiary/aromatic N) is 3. The first-order chi connectivity index (χ1) is 14.0. The van der Waals surface area contributed by atoms with E-state index >= 15 is 0 Å². The standard InChI is InChI=1S/C18H14F5N5O2/c1-17(5-10(6-19)30-16(24)28-17)11-4-9(2-3-12(11)20)27-15(29)13-7-26-14(8-25-13)18(21,22)23/h2-5,7-8H,6H2,1H3,(H2,24,28)(H,27,29)/t17-/m0/s1. The smallest absolute Gasteiger partial charge is 0.428 e. The van der Waals surface area contributed by atoms with E-state index in [1.807, 2.05) is 0 Å². The molecule has 1 aromatic heterocycles. The Morgan fingerprint density at radius 1 is 1.27 bits per heavy atom. The summed E-state index contributed by atoms with van der Waals surface area (Å²) >= 11 is 0. The van der Waals surface area contributed by atoms with Crippen LogP contribution in [0.1, 0.15) is 28.7 Å². The Labute approximate surface area is 166 Å². The fourth-order valence-corrected chi connectivity index (χ4v) is 2.74. The van der Waals surface area contributed by atoms with Crippen molar-refractivity contribution in [2.24, 2.45) is 10.7 Å². The number of benzene rings is 1. The summed E-state index contributed by atoms with van der Waals surface area (Å²) < 4.78 is 70.0. The number of nitrogens with one attached hydrogen (secondary N) is 1. The monoisotopic (exact) mass is 427 g/mol. The van der Waals surface area contributed by atoms with E-state index in [2.05, 4.69) is 20.3 Å². The summed E-state index contributed by atoms with van der Waals surface area (Å²) in [5.41, 5.74) is 2.54. The van der Waals surface area contributed by atoms with Crippen molar-refractivity contribution >= 4 is 17.6 Å². The third-order valence-corrected chi connectivity index (χ3v) is 4.10. The molecule has 1 atom stereocenters. The van der Waals surface area contributed by atoms with Crippen molar-refractivity contribution in [1.82, 2.24) is 9.97 Å². The molecule has 1 aromatic carbocycles. The van der Waals surface area contributed by atoms with Crippen molar-refractivity contribution < 1.29 is 31.5 Å². The van der Waals surface area contributed by atoms with Crippen molar-refractivity contribution in [2.45, 2.75) is 18.6 Å². The van der Waals surface area contributed by atoms with Crippen molar-refractivity contribution in [1.29, 1.82) is 0 Å². The maximum absolute atomic E-state index is 14.5. The normalized spacial score (nSPS) is 18.9. The van der Waals surface area contributed by atoms with E-state index in [1.54, 1.807) is 0 Å². The number of aromatic nitrogens is 2. The maximum atomic E-state index is 14.5. The Kier molecular flexibility index (Phi) is 5.42. The first-order valence-corrected chi connectivity index (χ1v) is 8.33. The minimum Gasteiger partial charge on any atom is -0.428 e. The molecule has 30 heavy (non-hydrogen) atoms. The minimum absolute atomic E-state index is 0.0454. The first-order valence-electron chi connectivity index (χ1n) is 8.33. The molecule has 1 aliphatic heterocycles. The van der Waals surface area contributed by atoms with E-state index in [0.717, 1.165) is 6.07 Å². The summed E-state index contributed by atoms with van der Waals surface area (Å²) in [6, 6.07) is 3.14. The molecule has 0 spiro atoms. The molecule has 0 unspecified atom stereocenters. The molecule has 3 rings (SSSR count). The molecule has 2 heterocycles. The summed E-state index contributed by atoms with van der Waals surface area (Å²) in [4.78, 5) is 22.9. The largest absolute Gasteiger partial charge is 0.434 e. The summed E-state index contributed by atoms with van der Waals surface area (Å²) in [5, 5.41) is 2.38. The zero-order valence-corrected chi connectivity index (χ0v) is 15.3. The van der Waals surface area contributed by atoms with Crippen LogP contribution in [-0.2, 0) is 16.5 Å². The average molecular weight is 427 g/mol. The lowest BCUT2D eigenvalue weighted by Gasteiger charge is -2.28. The number of amidine groups is 1. The number of amides is 1. The third kappa shape index (κ3) is 4.36. The Morgan fingerprint density at radius 2 is 2.00 bits per heavy atom. The van der Waals surface area contributed by atoms with Gasteiger partial charge in [-0.1, -0.05) is 0 Å². The molecule has 2 aromatic rings. The van der Waals surface area contributed by atoms with E-state index in [4.69, 9.17) is 10.5 Å². The highest BCUT2D eigenvalue weighted by atomic mass is 19.4. The van der Waals surface area contributed by atoms with Crippen LogP contribution in [0, 0.1) is 5.82 Å². The van der Waals surface area contributed by atoms with Gasteiger partial charge in [0, 0.05) is 11.3 Å². The molecular formula is C18H14F5N5O2. The number of allylic oxidation sites excluding steroid dienone is 1. The van der Waals surface area contributed by atoms with Crippen molar-refractivity contribution in [3.63, 3.8) is 0 Å². The molecule has 0 fully saturated rings. The summed E-state index contributed by atoms with van der Waals surface area (Å²) in [6.07, 6.45) is -2.35. The van der Waals surface area contributed by atoms with E-state index in [-0.39, 0.29) is 28.7 Å². The fourth-order valence-electron chi connectivity index (χ4n) is 2.74. The van der Waals surface area contributed by atoms with Gasteiger partial charge < -0.3 is 15.8 Å². The molecule has 0 radical (unpaired) electrons. The highest BCUT2D eigenvalue weighted by Gasteiger charge is 2.34. The average Bonchev–Trinajstić information content (AvgIpc) is 2.68.